The molecule has 1 heterocycles. The number of pyridine rings is 1. The molecule has 1 aromatic rings. The molecular formula is C10H15NO4. The molecule has 0 aromatic carbocycles. The lowest BCUT2D eigenvalue weighted by Gasteiger charge is -2.12. The molecule has 0 aliphatic rings. The Hall–Kier alpha value is -1.17. The molecule has 0 radical (unpaired) electrons. The molecule has 0 fully saturated rings. The third kappa shape index (κ3) is 3.47. The average molecular weight is 213 g/mol. The Morgan fingerprint density at radius 3 is 2.73 bits per heavy atom. The van der Waals surface area contributed by atoms with E-state index in [9.17, 15) is 0 Å². The Morgan fingerprint density at radius 2 is 2.13 bits per heavy atom. The van der Waals surface area contributed by atoms with Crippen molar-refractivity contribution in [2.45, 2.75) is 19.6 Å². The van der Waals surface area contributed by atoms with Crippen molar-refractivity contribution in [2.24, 2.45) is 0 Å². The van der Waals surface area contributed by atoms with Gasteiger partial charge in [0, 0.05) is 5.69 Å². The van der Waals surface area contributed by atoms with Gasteiger partial charge in [0.15, 0.2) is 0 Å². The molecule has 1 rings (SSSR count). The molecule has 15 heavy (non-hydrogen) atoms. The second-order valence-electron chi connectivity index (χ2n) is 3.20. The Morgan fingerprint density at radius 1 is 1.40 bits per heavy atom. The normalized spacial score (nSPS) is 12.5. The van der Waals surface area contributed by atoms with E-state index in [1.54, 1.807) is 12.1 Å². The Labute approximate surface area is 88.0 Å². The van der Waals surface area contributed by atoms with Gasteiger partial charge in [-0.05, 0) is 19.1 Å². The van der Waals surface area contributed by atoms with Crippen LogP contribution in [0.4, 0.5) is 0 Å². The van der Waals surface area contributed by atoms with Crippen molar-refractivity contribution < 1.29 is 20.1 Å². The summed E-state index contributed by atoms with van der Waals surface area (Å²) >= 11 is 0. The molecule has 5 nitrogen and oxygen atoms in total. The number of aliphatic hydroxyl groups is 3. The standard InChI is InChI=1S/C10H15NO4/c1-7-2-3-10(9(5-13)11-7)15-6-8(14)4-12/h2-3,8,12-14H,4-6H2,1H3. The summed E-state index contributed by atoms with van der Waals surface area (Å²) in [6, 6.07) is 3.43. The molecule has 3 N–H and O–H groups in total. The van der Waals surface area contributed by atoms with Gasteiger partial charge >= 0.3 is 0 Å². The van der Waals surface area contributed by atoms with Crippen molar-refractivity contribution in [1.29, 1.82) is 0 Å². The Bertz CT molecular complexity index is 316. The minimum atomic E-state index is -0.919. The molecule has 1 aromatic heterocycles. The first kappa shape index (κ1) is 11.9. The molecule has 84 valence electrons. The molecule has 1 atom stereocenters. The summed E-state index contributed by atoms with van der Waals surface area (Å²) in [6.45, 7) is 1.22. The van der Waals surface area contributed by atoms with E-state index in [0.29, 0.717) is 11.4 Å². The van der Waals surface area contributed by atoms with Gasteiger partial charge in [-0.25, -0.2) is 0 Å². The molecular weight excluding hydrogens is 198 g/mol. The highest BCUT2D eigenvalue weighted by atomic mass is 16.5. The number of hydrogen-bond acceptors (Lipinski definition) is 5. The van der Waals surface area contributed by atoms with Crippen LogP contribution in [0, 0.1) is 6.92 Å². The summed E-state index contributed by atoms with van der Waals surface area (Å²) in [5.74, 6) is 0.426. The number of aromatic nitrogens is 1. The van der Waals surface area contributed by atoms with Gasteiger partial charge in [-0.15, -0.1) is 0 Å². The zero-order valence-corrected chi connectivity index (χ0v) is 8.55. The molecule has 0 aliphatic carbocycles. The molecule has 5 heteroatoms. The maximum absolute atomic E-state index is 9.08. The first-order chi connectivity index (χ1) is 7.17. The third-order valence-corrected chi connectivity index (χ3v) is 1.86. The molecule has 0 saturated carbocycles. The van der Waals surface area contributed by atoms with E-state index in [1.165, 1.54) is 0 Å². The highest BCUT2D eigenvalue weighted by Gasteiger charge is 2.07. The zero-order valence-electron chi connectivity index (χ0n) is 8.55. The topological polar surface area (TPSA) is 82.8 Å². The zero-order chi connectivity index (χ0) is 11.3. The van der Waals surface area contributed by atoms with Gasteiger partial charge in [0.05, 0.1) is 13.2 Å². The molecule has 0 amide bonds. The van der Waals surface area contributed by atoms with E-state index in [2.05, 4.69) is 4.98 Å². The third-order valence-electron chi connectivity index (χ3n) is 1.86. The number of hydrogen-bond donors (Lipinski definition) is 3. The van der Waals surface area contributed by atoms with Crippen molar-refractivity contribution in [2.75, 3.05) is 13.2 Å². The van der Waals surface area contributed by atoms with Gasteiger partial charge in [0.1, 0.15) is 24.2 Å². The summed E-state index contributed by atoms with van der Waals surface area (Å²) in [5, 5.41) is 26.7. The Balaban J connectivity index is 2.67. The van der Waals surface area contributed by atoms with Gasteiger partial charge in [0.2, 0.25) is 0 Å². The average Bonchev–Trinajstić information content (AvgIpc) is 2.26. The number of nitrogens with zero attached hydrogens (tertiary/aromatic N) is 1. The quantitative estimate of drug-likeness (QED) is 0.620. The summed E-state index contributed by atoms with van der Waals surface area (Å²) in [7, 11) is 0. The van der Waals surface area contributed by atoms with Gasteiger partial charge in [0.25, 0.3) is 0 Å². The number of rotatable bonds is 5. The highest BCUT2D eigenvalue weighted by Crippen LogP contribution is 2.16. The van der Waals surface area contributed by atoms with Crippen LogP contribution in [0.25, 0.3) is 0 Å². The van der Waals surface area contributed by atoms with E-state index in [1.807, 2.05) is 6.92 Å². The maximum Gasteiger partial charge on any atom is 0.143 e. The van der Waals surface area contributed by atoms with Crippen molar-refractivity contribution in [3.8, 4) is 5.75 Å². The number of aryl methyl sites for hydroxylation is 1. The lowest BCUT2D eigenvalue weighted by atomic mass is 10.3. The fourth-order valence-electron chi connectivity index (χ4n) is 1.08. The van der Waals surface area contributed by atoms with Crippen molar-refractivity contribution in [3.63, 3.8) is 0 Å². The van der Waals surface area contributed by atoms with Crippen molar-refractivity contribution in [3.05, 3.63) is 23.5 Å². The predicted octanol–water partition coefficient (Wildman–Crippen LogP) is -0.386. The van der Waals surface area contributed by atoms with Gasteiger partial charge in [-0.1, -0.05) is 0 Å². The molecule has 1 unspecified atom stereocenters. The van der Waals surface area contributed by atoms with Crippen LogP contribution in [-0.2, 0) is 6.61 Å². The van der Waals surface area contributed by atoms with Crippen LogP contribution < -0.4 is 4.74 Å². The van der Waals surface area contributed by atoms with E-state index in [-0.39, 0.29) is 19.8 Å². The maximum atomic E-state index is 9.08. The summed E-state index contributed by atoms with van der Waals surface area (Å²) in [6.07, 6.45) is -0.919. The van der Waals surface area contributed by atoms with Crippen LogP contribution in [0.5, 0.6) is 5.75 Å². The first-order valence-electron chi connectivity index (χ1n) is 4.66. The highest BCUT2D eigenvalue weighted by molar-refractivity contribution is 5.28. The van der Waals surface area contributed by atoms with Crippen LogP contribution in [0.15, 0.2) is 12.1 Å². The van der Waals surface area contributed by atoms with Gasteiger partial charge < -0.3 is 20.1 Å². The smallest absolute Gasteiger partial charge is 0.143 e. The Kier molecular flexibility index (Phi) is 4.48. The number of aliphatic hydroxyl groups excluding tert-OH is 3. The molecule has 0 bridgehead atoms. The van der Waals surface area contributed by atoms with Crippen LogP contribution >= 0.6 is 0 Å². The molecule has 0 saturated heterocycles. The van der Waals surface area contributed by atoms with E-state index in [0.717, 1.165) is 5.69 Å². The second-order valence-corrected chi connectivity index (χ2v) is 3.20. The fraction of sp³-hybridized carbons (Fsp3) is 0.500. The largest absolute Gasteiger partial charge is 0.489 e. The van der Waals surface area contributed by atoms with Gasteiger partial charge in [-0.3, -0.25) is 4.98 Å². The summed E-state index contributed by atoms with van der Waals surface area (Å²) < 4.78 is 5.20. The lowest BCUT2D eigenvalue weighted by Crippen LogP contribution is -2.21. The van der Waals surface area contributed by atoms with Crippen LogP contribution in [0.1, 0.15) is 11.4 Å². The van der Waals surface area contributed by atoms with Crippen LogP contribution in [0.2, 0.25) is 0 Å². The van der Waals surface area contributed by atoms with Crippen molar-refractivity contribution >= 4 is 0 Å². The van der Waals surface area contributed by atoms with E-state index in [4.69, 9.17) is 20.1 Å². The van der Waals surface area contributed by atoms with E-state index < -0.39 is 6.10 Å². The summed E-state index contributed by atoms with van der Waals surface area (Å²) in [4.78, 5) is 4.08. The van der Waals surface area contributed by atoms with Crippen LogP contribution in [-0.4, -0.2) is 39.6 Å². The lowest BCUT2D eigenvalue weighted by molar-refractivity contribution is 0.0526. The molecule has 0 aliphatic heterocycles. The van der Waals surface area contributed by atoms with E-state index >= 15 is 0 Å². The minimum Gasteiger partial charge on any atom is -0.489 e. The number of ether oxygens (including phenoxy) is 1. The first-order valence-corrected chi connectivity index (χ1v) is 4.66. The monoisotopic (exact) mass is 213 g/mol. The molecule has 0 spiro atoms. The van der Waals surface area contributed by atoms with Crippen molar-refractivity contribution in [1.82, 2.24) is 4.98 Å². The second kappa shape index (κ2) is 5.65. The predicted molar refractivity (Wildman–Crippen MR) is 53.5 cm³/mol. The summed E-state index contributed by atoms with van der Waals surface area (Å²) in [5.41, 5.74) is 1.22. The van der Waals surface area contributed by atoms with Crippen LogP contribution in [0.3, 0.4) is 0 Å². The minimum absolute atomic E-state index is 0.0196. The van der Waals surface area contributed by atoms with Gasteiger partial charge in [-0.2, -0.15) is 0 Å². The fourth-order valence-corrected chi connectivity index (χ4v) is 1.08. The SMILES string of the molecule is Cc1ccc(OCC(O)CO)c(CO)n1.